The molecule has 46 valence electrons. The number of aldehydes is 1. The predicted molar refractivity (Wildman–Crippen MR) is 31.7 cm³/mol. The number of carbonyl (C=O) groups is 1. The Bertz CT molecular complexity index is 94.7. The van der Waals surface area contributed by atoms with Crippen LogP contribution in [0.15, 0.2) is 11.8 Å². The van der Waals surface area contributed by atoms with Crippen LogP contribution in [0.1, 0.15) is 19.8 Å². The van der Waals surface area contributed by atoms with Gasteiger partial charge in [0.05, 0.1) is 0 Å². The summed E-state index contributed by atoms with van der Waals surface area (Å²) in [7, 11) is 0. The molecule has 0 saturated heterocycles. The second-order valence-electron chi connectivity index (χ2n) is 1.54. The van der Waals surface area contributed by atoms with E-state index in [1.807, 2.05) is 6.92 Å². The highest BCUT2D eigenvalue weighted by Crippen LogP contribution is 1.90. The van der Waals surface area contributed by atoms with Gasteiger partial charge in [0, 0.05) is 0 Å². The van der Waals surface area contributed by atoms with Crippen LogP contribution in [-0.2, 0) is 4.79 Å². The molecule has 0 spiro atoms. The van der Waals surface area contributed by atoms with Crippen LogP contribution in [0.25, 0.3) is 0 Å². The normalized spacial score (nSPS) is 11.4. The van der Waals surface area contributed by atoms with Crippen molar-refractivity contribution in [2.75, 3.05) is 0 Å². The first-order valence-electron chi connectivity index (χ1n) is 2.65. The molecule has 0 amide bonds. The molecule has 2 nitrogen and oxygen atoms in total. The lowest BCUT2D eigenvalue weighted by Gasteiger charge is -1.83. The summed E-state index contributed by atoms with van der Waals surface area (Å²) in [4.78, 5) is 9.69. The number of hydrogen-bond acceptors (Lipinski definition) is 2. The van der Waals surface area contributed by atoms with Gasteiger partial charge in [-0.15, -0.1) is 0 Å². The standard InChI is InChI=1S/C6H10O2/c1-2-3-4-6(8)5-7/h4-5,8H,2-3H2,1H3. The van der Waals surface area contributed by atoms with E-state index in [2.05, 4.69) is 0 Å². The average molecular weight is 114 g/mol. The van der Waals surface area contributed by atoms with Crippen LogP contribution in [0.2, 0.25) is 0 Å². The third-order valence-electron chi connectivity index (χ3n) is 0.763. The Hall–Kier alpha value is -0.790. The lowest BCUT2D eigenvalue weighted by molar-refractivity contribution is -0.107. The van der Waals surface area contributed by atoms with Crippen LogP contribution in [-0.4, -0.2) is 11.4 Å². The maximum Gasteiger partial charge on any atom is 0.184 e. The molecule has 0 fully saturated rings. The van der Waals surface area contributed by atoms with Crippen LogP contribution in [0, 0.1) is 0 Å². The summed E-state index contributed by atoms with van der Waals surface area (Å²) in [5.74, 6) is -0.160. The van der Waals surface area contributed by atoms with E-state index in [-0.39, 0.29) is 5.76 Å². The van der Waals surface area contributed by atoms with Gasteiger partial charge < -0.3 is 5.11 Å². The van der Waals surface area contributed by atoms with E-state index in [1.54, 1.807) is 0 Å². The lowest BCUT2D eigenvalue weighted by Crippen LogP contribution is -1.79. The van der Waals surface area contributed by atoms with Crippen molar-refractivity contribution in [3.05, 3.63) is 11.8 Å². The Morgan fingerprint density at radius 3 is 2.75 bits per heavy atom. The Kier molecular flexibility index (Phi) is 3.94. The van der Waals surface area contributed by atoms with Gasteiger partial charge in [-0.1, -0.05) is 13.3 Å². The van der Waals surface area contributed by atoms with Crippen LogP contribution >= 0.6 is 0 Å². The van der Waals surface area contributed by atoms with Crippen molar-refractivity contribution >= 4 is 6.29 Å². The minimum absolute atomic E-state index is 0.160. The first-order chi connectivity index (χ1) is 3.81. The second-order valence-corrected chi connectivity index (χ2v) is 1.54. The van der Waals surface area contributed by atoms with Gasteiger partial charge >= 0.3 is 0 Å². The first-order valence-corrected chi connectivity index (χ1v) is 2.65. The summed E-state index contributed by atoms with van der Waals surface area (Å²) < 4.78 is 0. The third-order valence-corrected chi connectivity index (χ3v) is 0.763. The number of allylic oxidation sites excluding steroid dienone is 2. The van der Waals surface area contributed by atoms with Gasteiger partial charge in [-0.2, -0.15) is 0 Å². The quantitative estimate of drug-likeness (QED) is 0.342. The molecule has 1 N–H and O–H groups in total. The molecule has 0 aromatic rings. The molecule has 2 heteroatoms. The summed E-state index contributed by atoms with van der Waals surface area (Å²) in [6.07, 6.45) is 3.67. The van der Waals surface area contributed by atoms with Crippen LogP contribution in [0.3, 0.4) is 0 Å². The van der Waals surface area contributed by atoms with Crippen molar-refractivity contribution in [3.8, 4) is 0 Å². The van der Waals surface area contributed by atoms with E-state index < -0.39 is 0 Å². The fraction of sp³-hybridized carbons (Fsp3) is 0.500. The van der Waals surface area contributed by atoms with Gasteiger partial charge in [-0.3, -0.25) is 4.79 Å². The molecule has 0 saturated carbocycles. The van der Waals surface area contributed by atoms with E-state index in [1.165, 1.54) is 6.08 Å². The van der Waals surface area contributed by atoms with Crippen molar-refractivity contribution in [2.24, 2.45) is 0 Å². The molecule has 0 radical (unpaired) electrons. The van der Waals surface area contributed by atoms with Gasteiger partial charge in [0.25, 0.3) is 0 Å². The molecule has 0 heterocycles. The minimum atomic E-state index is -0.160. The number of aliphatic hydroxyl groups excluding tert-OH is 1. The predicted octanol–water partition coefficient (Wildman–Crippen LogP) is 1.43. The summed E-state index contributed by atoms with van der Waals surface area (Å²) >= 11 is 0. The minimum Gasteiger partial charge on any atom is -0.505 e. The van der Waals surface area contributed by atoms with Crippen molar-refractivity contribution in [1.29, 1.82) is 0 Å². The van der Waals surface area contributed by atoms with Crippen LogP contribution in [0.5, 0.6) is 0 Å². The molecule has 0 rings (SSSR count). The van der Waals surface area contributed by atoms with Crippen LogP contribution in [0.4, 0.5) is 0 Å². The Balaban J connectivity index is 3.40. The van der Waals surface area contributed by atoms with Gasteiger partial charge in [-0.25, -0.2) is 0 Å². The van der Waals surface area contributed by atoms with E-state index in [4.69, 9.17) is 5.11 Å². The van der Waals surface area contributed by atoms with E-state index in [0.717, 1.165) is 12.8 Å². The topological polar surface area (TPSA) is 37.3 Å². The highest BCUT2D eigenvalue weighted by atomic mass is 16.3. The summed E-state index contributed by atoms with van der Waals surface area (Å²) in [5.41, 5.74) is 0. The summed E-state index contributed by atoms with van der Waals surface area (Å²) in [5, 5.41) is 8.48. The van der Waals surface area contributed by atoms with Gasteiger partial charge in [0.1, 0.15) is 0 Å². The summed E-state index contributed by atoms with van der Waals surface area (Å²) in [6.45, 7) is 1.98. The Morgan fingerprint density at radius 1 is 1.75 bits per heavy atom. The molecule has 0 unspecified atom stereocenters. The number of hydrogen-bond donors (Lipinski definition) is 1. The van der Waals surface area contributed by atoms with Crippen molar-refractivity contribution in [3.63, 3.8) is 0 Å². The molecule has 0 aliphatic rings. The van der Waals surface area contributed by atoms with Crippen molar-refractivity contribution < 1.29 is 9.90 Å². The molecule has 0 aliphatic heterocycles. The zero-order chi connectivity index (χ0) is 6.41. The first kappa shape index (κ1) is 7.21. The van der Waals surface area contributed by atoms with E-state index >= 15 is 0 Å². The zero-order valence-electron chi connectivity index (χ0n) is 4.92. The lowest BCUT2D eigenvalue weighted by atomic mass is 10.3. The SMILES string of the molecule is CCCC=C(O)C=O. The molecule has 0 aromatic heterocycles. The third kappa shape index (κ3) is 3.40. The van der Waals surface area contributed by atoms with Gasteiger partial charge in [-0.05, 0) is 12.5 Å². The molecular formula is C6H10O2. The number of unbranched alkanes of at least 4 members (excludes halogenated alkanes) is 1. The molecule has 0 aliphatic carbocycles. The average Bonchev–Trinajstić information content (AvgIpc) is 1.83. The Labute approximate surface area is 48.8 Å². The molecular weight excluding hydrogens is 104 g/mol. The number of aliphatic hydroxyl groups is 1. The largest absolute Gasteiger partial charge is 0.505 e. The summed E-state index contributed by atoms with van der Waals surface area (Å²) in [6, 6.07) is 0. The second kappa shape index (κ2) is 4.37. The molecule has 8 heavy (non-hydrogen) atoms. The number of rotatable bonds is 3. The van der Waals surface area contributed by atoms with Crippen molar-refractivity contribution in [1.82, 2.24) is 0 Å². The van der Waals surface area contributed by atoms with Gasteiger partial charge in [0.15, 0.2) is 12.0 Å². The maximum atomic E-state index is 9.69. The number of carbonyl (C=O) groups excluding carboxylic acids is 1. The van der Waals surface area contributed by atoms with Crippen molar-refractivity contribution in [2.45, 2.75) is 19.8 Å². The maximum absolute atomic E-state index is 9.69. The Morgan fingerprint density at radius 2 is 2.38 bits per heavy atom. The van der Waals surface area contributed by atoms with E-state index in [9.17, 15) is 4.79 Å². The fourth-order valence-corrected chi connectivity index (χ4v) is 0.340. The molecule has 0 atom stereocenters. The highest BCUT2D eigenvalue weighted by molar-refractivity contribution is 5.69. The van der Waals surface area contributed by atoms with E-state index in [0.29, 0.717) is 6.29 Å². The fourth-order valence-electron chi connectivity index (χ4n) is 0.340. The monoisotopic (exact) mass is 114 g/mol. The molecule has 0 aromatic carbocycles. The van der Waals surface area contributed by atoms with Crippen LogP contribution < -0.4 is 0 Å². The van der Waals surface area contributed by atoms with Gasteiger partial charge in [0.2, 0.25) is 0 Å². The zero-order valence-corrected chi connectivity index (χ0v) is 4.92. The highest BCUT2D eigenvalue weighted by Gasteiger charge is 1.82. The smallest absolute Gasteiger partial charge is 0.184 e. The molecule has 0 bridgehead atoms.